The molecule has 2 unspecified atom stereocenters. The highest BCUT2D eigenvalue weighted by Gasteiger charge is 2.32. The van der Waals surface area contributed by atoms with Gasteiger partial charge in [0.25, 0.3) is 0 Å². The van der Waals surface area contributed by atoms with Gasteiger partial charge in [-0.05, 0) is 60.3 Å². The van der Waals surface area contributed by atoms with Gasteiger partial charge in [0.1, 0.15) is 5.75 Å². The second kappa shape index (κ2) is 11.7. The fourth-order valence-corrected chi connectivity index (χ4v) is 5.88. The number of amides is 2. The minimum atomic E-state index is -0.663. The number of thiophene rings is 1. The average molecular weight is 537 g/mol. The number of benzene rings is 2. The number of hydrogen-bond donors (Lipinski definition) is 2. The highest BCUT2D eigenvalue weighted by Crippen LogP contribution is 2.33. The van der Waals surface area contributed by atoms with Crippen LogP contribution < -0.4 is 29.7 Å². The summed E-state index contributed by atoms with van der Waals surface area (Å²) in [5.41, 5.74) is 1.99. The normalized spacial score (nSPS) is 16.5. The Labute approximate surface area is 226 Å². The van der Waals surface area contributed by atoms with Crippen LogP contribution in [0.15, 0.2) is 60.0 Å². The molecule has 5 rings (SSSR count). The van der Waals surface area contributed by atoms with E-state index in [0.717, 1.165) is 42.4 Å². The molecular formula is C28H32N4O5S. The molecule has 2 aromatic carbocycles. The summed E-state index contributed by atoms with van der Waals surface area (Å²) in [5.74, 6) is 0.854. The van der Waals surface area contributed by atoms with Crippen molar-refractivity contribution in [2.45, 2.75) is 25.6 Å². The number of methoxy groups -OCH3 is 1. The van der Waals surface area contributed by atoms with Crippen LogP contribution in [0.4, 0.5) is 5.69 Å². The number of fused-ring (bicyclic) bond motifs is 1. The molecule has 0 saturated carbocycles. The Balaban J connectivity index is 1.18. The summed E-state index contributed by atoms with van der Waals surface area (Å²) < 4.78 is 16.0. The van der Waals surface area contributed by atoms with Crippen molar-refractivity contribution in [2.24, 2.45) is 0 Å². The molecule has 1 aromatic heterocycles. The first-order chi connectivity index (χ1) is 18.5. The molecule has 2 N–H and O–H groups in total. The molecule has 2 amide bonds. The SMILES string of the molecule is COc1ccc(N2CCN(C(c3cccs3)C(C)NC(=O)C(=O)NCc3ccc4c(c3)OCO4)CC2)cc1. The number of nitrogens with zero attached hydrogens (tertiary/aromatic N) is 2. The van der Waals surface area contributed by atoms with Crippen LogP contribution in [0.25, 0.3) is 0 Å². The second-order valence-corrected chi connectivity index (χ2v) is 10.3. The Kier molecular flexibility index (Phi) is 8.00. The maximum absolute atomic E-state index is 12.8. The van der Waals surface area contributed by atoms with E-state index >= 15 is 0 Å². The van der Waals surface area contributed by atoms with Gasteiger partial charge < -0.3 is 29.7 Å². The largest absolute Gasteiger partial charge is 0.497 e. The van der Waals surface area contributed by atoms with Gasteiger partial charge in [0.2, 0.25) is 6.79 Å². The Morgan fingerprint density at radius 3 is 2.47 bits per heavy atom. The molecule has 9 nitrogen and oxygen atoms in total. The van der Waals surface area contributed by atoms with Crippen LogP contribution in [0.5, 0.6) is 17.2 Å². The number of anilines is 1. The molecule has 200 valence electrons. The minimum absolute atomic E-state index is 0.0290. The standard InChI is InChI=1S/C28H32N4O5S/c1-19(30-28(34)27(33)29-17-20-5-10-23-24(16-20)37-18-36-23)26(25-4-3-15-38-25)32-13-11-31(12-14-32)21-6-8-22(35-2)9-7-21/h3-10,15-16,19,26H,11-14,17-18H2,1-2H3,(H,29,33)(H,30,34). The Hall–Kier alpha value is -3.76. The van der Waals surface area contributed by atoms with Crippen molar-refractivity contribution < 1.29 is 23.8 Å². The summed E-state index contributed by atoms with van der Waals surface area (Å²) in [4.78, 5) is 31.3. The monoisotopic (exact) mass is 536 g/mol. The summed E-state index contributed by atoms with van der Waals surface area (Å²) in [6.45, 7) is 5.78. The fraction of sp³-hybridized carbons (Fsp3) is 0.357. The zero-order valence-corrected chi connectivity index (χ0v) is 22.3. The van der Waals surface area contributed by atoms with E-state index in [1.54, 1.807) is 24.5 Å². The lowest BCUT2D eigenvalue weighted by Crippen LogP contribution is -2.53. The summed E-state index contributed by atoms with van der Waals surface area (Å²) in [7, 11) is 1.67. The van der Waals surface area contributed by atoms with Gasteiger partial charge in [-0.1, -0.05) is 12.1 Å². The number of piperazine rings is 1. The van der Waals surface area contributed by atoms with Gasteiger partial charge >= 0.3 is 11.8 Å². The maximum Gasteiger partial charge on any atom is 0.309 e. The number of nitrogens with one attached hydrogen (secondary N) is 2. The van der Waals surface area contributed by atoms with E-state index in [0.29, 0.717) is 11.5 Å². The molecule has 0 bridgehead atoms. The van der Waals surface area contributed by atoms with Crippen LogP contribution >= 0.6 is 11.3 Å². The average Bonchev–Trinajstić information content (AvgIpc) is 3.64. The first-order valence-electron chi connectivity index (χ1n) is 12.7. The Bertz CT molecular complexity index is 1240. The van der Waals surface area contributed by atoms with Crippen LogP contribution in [0.1, 0.15) is 23.4 Å². The van der Waals surface area contributed by atoms with E-state index in [4.69, 9.17) is 14.2 Å². The van der Waals surface area contributed by atoms with Crippen molar-refractivity contribution in [1.82, 2.24) is 15.5 Å². The third-order valence-corrected chi connectivity index (χ3v) is 7.85. The van der Waals surface area contributed by atoms with Gasteiger partial charge in [-0.2, -0.15) is 0 Å². The summed E-state index contributed by atoms with van der Waals surface area (Å²) >= 11 is 1.66. The molecule has 1 saturated heterocycles. The molecule has 0 radical (unpaired) electrons. The van der Waals surface area contributed by atoms with Gasteiger partial charge in [-0.3, -0.25) is 14.5 Å². The van der Waals surface area contributed by atoms with Crippen molar-refractivity contribution in [3.63, 3.8) is 0 Å². The van der Waals surface area contributed by atoms with Crippen molar-refractivity contribution in [2.75, 3.05) is 45.0 Å². The number of carbonyl (C=O) groups excluding carboxylic acids is 2. The molecule has 38 heavy (non-hydrogen) atoms. The number of ether oxygens (including phenoxy) is 3. The van der Waals surface area contributed by atoms with Gasteiger partial charge in [0, 0.05) is 49.3 Å². The summed E-state index contributed by atoms with van der Waals surface area (Å²) in [6.07, 6.45) is 0. The van der Waals surface area contributed by atoms with Crippen molar-refractivity contribution in [1.29, 1.82) is 0 Å². The zero-order chi connectivity index (χ0) is 26.5. The molecule has 2 aliphatic heterocycles. The predicted molar refractivity (Wildman–Crippen MR) is 146 cm³/mol. The van der Waals surface area contributed by atoms with E-state index in [-0.39, 0.29) is 25.4 Å². The first kappa shape index (κ1) is 25.9. The molecule has 2 atom stereocenters. The van der Waals surface area contributed by atoms with Gasteiger partial charge in [0.15, 0.2) is 11.5 Å². The third kappa shape index (κ3) is 5.87. The Morgan fingerprint density at radius 1 is 1.00 bits per heavy atom. The lowest BCUT2D eigenvalue weighted by molar-refractivity contribution is -0.140. The first-order valence-corrected chi connectivity index (χ1v) is 13.5. The maximum atomic E-state index is 12.8. The highest BCUT2D eigenvalue weighted by molar-refractivity contribution is 7.10. The van der Waals surface area contributed by atoms with Crippen molar-refractivity contribution in [3.8, 4) is 17.2 Å². The lowest BCUT2D eigenvalue weighted by Gasteiger charge is -2.42. The van der Waals surface area contributed by atoms with Crippen LogP contribution in [-0.2, 0) is 16.1 Å². The zero-order valence-electron chi connectivity index (χ0n) is 21.5. The Morgan fingerprint density at radius 2 is 1.76 bits per heavy atom. The van der Waals surface area contributed by atoms with Crippen LogP contribution in [0, 0.1) is 0 Å². The third-order valence-electron chi connectivity index (χ3n) is 6.91. The molecule has 3 heterocycles. The molecule has 3 aromatic rings. The molecule has 10 heteroatoms. The topological polar surface area (TPSA) is 92.4 Å². The van der Waals surface area contributed by atoms with Gasteiger partial charge in [0.05, 0.1) is 13.2 Å². The summed E-state index contributed by atoms with van der Waals surface area (Å²) in [6, 6.07) is 17.4. The molecule has 2 aliphatic rings. The van der Waals surface area contributed by atoms with Crippen LogP contribution in [-0.4, -0.2) is 62.8 Å². The fourth-order valence-electron chi connectivity index (χ4n) is 4.92. The number of carbonyl (C=O) groups is 2. The molecule has 0 spiro atoms. The smallest absolute Gasteiger partial charge is 0.309 e. The summed E-state index contributed by atoms with van der Waals surface area (Å²) in [5, 5.41) is 7.69. The molecular weight excluding hydrogens is 504 g/mol. The van der Waals surface area contributed by atoms with E-state index in [1.165, 1.54) is 5.69 Å². The highest BCUT2D eigenvalue weighted by atomic mass is 32.1. The van der Waals surface area contributed by atoms with Crippen LogP contribution in [0.2, 0.25) is 0 Å². The number of rotatable bonds is 8. The number of hydrogen-bond acceptors (Lipinski definition) is 8. The van der Waals surface area contributed by atoms with Gasteiger partial charge in [-0.15, -0.1) is 11.3 Å². The van der Waals surface area contributed by atoms with E-state index in [9.17, 15) is 9.59 Å². The second-order valence-electron chi connectivity index (χ2n) is 9.31. The van der Waals surface area contributed by atoms with E-state index < -0.39 is 11.8 Å². The minimum Gasteiger partial charge on any atom is -0.497 e. The van der Waals surface area contributed by atoms with Gasteiger partial charge in [-0.25, -0.2) is 0 Å². The van der Waals surface area contributed by atoms with E-state index in [1.807, 2.05) is 42.6 Å². The molecule has 0 aliphatic carbocycles. The predicted octanol–water partition coefficient (Wildman–Crippen LogP) is 3.17. The van der Waals surface area contributed by atoms with E-state index in [2.05, 4.69) is 38.6 Å². The quantitative estimate of drug-likeness (QED) is 0.428. The van der Waals surface area contributed by atoms with Crippen LogP contribution in [0.3, 0.4) is 0 Å². The van der Waals surface area contributed by atoms with Crippen molar-refractivity contribution >= 4 is 28.8 Å². The van der Waals surface area contributed by atoms with Crippen molar-refractivity contribution in [3.05, 3.63) is 70.4 Å². The molecule has 1 fully saturated rings. The lowest BCUT2D eigenvalue weighted by atomic mass is 10.0.